The van der Waals surface area contributed by atoms with E-state index in [9.17, 15) is 35.1 Å². The van der Waals surface area contributed by atoms with Crippen molar-refractivity contribution in [2.75, 3.05) is 19.8 Å². The lowest BCUT2D eigenvalue weighted by molar-refractivity contribution is -0.291. The standard InChI is InChI=1S/C26H38O10/c1-25(8-6-14-10-19(29)34-13-14)15(11-27)7-9-26(2)16(4-3-5-18(25)26)23(33)36-24-22(32)21(31)20(30)17(12-28)35-24/h4,10,15,17-18,20-22,24,27-28,30-32H,3,5-9,11-13H2,1-2H3. The van der Waals surface area contributed by atoms with Crippen LogP contribution in [0.4, 0.5) is 0 Å². The molecule has 4 rings (SSSR count). The number of rotatable bonds is 7. The number of hydrogen-bond donors (Lipinski definition) is 5. The molecule has 0 aromatic heterocycles. The van der Waals surface area contributed by atoms with Gasteiger partial charge in [-0.25, -0.2) is 9.59 Å². The molecule has 202 valence electrons. The lowest BCUT2D eigenvalue weighted by Gasteiger charge is -2.58. The molecule has 9 unspecified atom stereocenters. The molecule has 36 heavy (non-hydrogen) atoms. The van der Waals surface area contributed by atoms with Gasteiger partial charge in [0.2, 0.25) is 6.29 Å². The monoisotopic (exact) mass is 510 g/mol. The van der Waals surface area contributed by atoms with Gasteiger partial charge in [-0.3, -0.25) is 0 Å². The summed E-state index contributed by atoms with van der Waals surface area (Å²) in [6.45, 7) is 3.89. The molecule has 0 radical (unpaired) electrons. The molecule has 2 aliphatic heterocycles. The number of carbonyl (C=O) groups is 2. The predicted molar refractivity (Wildman–Crippen MR) is 125 cm³/mol. The van der Waals surface area contributed by atoms with Crippen molar-refractivity contribution in [1.29, 1.82) is 0 Å². The van der Waals surface area contributed by atoms with E-state index in [-0.39, 0.29) is 36.4 Å². The van der Waals surface area contributed by atoms with E-state index in [1.165, 1.54) is 6.08 Å². The third kappa shape index (κ3) is 4.75. The minimum Gasteiger partial charge on any atom is -0.458 e. The molecule has 1 saturated carbocycles. The summed E-state index contributed by atoms with van der Waals surface area (Å²) < 4.78 is 15.9. The fraction of sp³-hybridized carbons (Fsp3) is 0.769. The Labute approximate surface area is 210 Å². The number of aliphatic hydroxyl groups is 5. The normalized spacial score (nSPS) is 42.8. The van der Waals surface area contributed by atoms with Gasteiger partial charge < -0.3 is 39.7 Å². The van der Waals surface area contributed by atoms with Gasteiger partial charge in [0.25, 0.3) is 0 Å². The highest BCUT2D eigenvalue weighted by atomic mass is 16.7. The summed E-state index contributed by atoms with van der Waals surface area (Å²) in [6.07, 6.45) is 0.0675. The third-order valence-electron chi connectivity index (χ3n) is 9.15. The molecule has 2 fully saturated rings. The van der Waals surface area contributed by atoms with Crippen LogP contribution in [0, 0.1) is 22.7 Å². The van der Waals surface area contributed by atoms with E-state index >= 15 is 0 Å². The molecule has 0 aromatic carbocycles. The van der Waals surface area contributed by atoms with Gasteiger partial charge in [-0.05, 0) is 61.3 Å². The molecular formula is C26H38O10. The van der Waals surface area contributed by atoms with Crippen molar-refractivity contribution in [1.82, 2.24) is 0 Å². The molecule has 9 atom stereocenters. The number of fused-ring (bicyclic) bond motifs is 1. The molecule has 2 heterocycles. The van der Waals surface area contributed by atoms with Gasteiger partial charge in [0.1, 0.15) is 31.0 Å². The first-order chi connectivity index (χ1) is 17.0. The summed E-state index contributed by atoms with van der Waals surface area (Å²) in [4.78, 5) is 24.9. The van der Waals surface area contributed by atoms with Crippen LogP contribution in [0.25, 0.3) is 0 Å². The van der Waals surface area contributed by atoms with Gasteiger partial charge in [0.15, 0.2) is 0 Å². The summed E-state index contributed by atoms with van der Waals surface area (Å²) >= 11 is 0. The highest BCUT2D eigenvalue weighted by Crippen LogP contribution is 2.62. The first kappa shape index (κ1) is 27.2. The molecule has 0 spiro atoms. The number of ether oxygens (including phenoxy) is 3. The van der Waals surface area contributed by atoms with Crippen LogP contribution in [0.3, 0.4) is 0 Å². The van der Waals surface area contributed by atoms with Crippen LogP contribution < -0.4 is 0 Å². The molecule has 0 bridgehead atoms. The number of esters is 2. The molecule has 10 heteroatoms. The van der Waals surface area contributed by atoms with Crippen LogP contribution >= 0.6 is 0 Å². The molecule has 5 N–H and O–H groups in total. The fourth-order valence-corrected chi connectivity index (χ4v) is 6.90. The van der Waals surface area contributed by atoms with E-state index in [1.807, 2.05) is 13.0 Å². The van der Waals surface area contributed by atoms with Crippen molar-refractivity contribution in [2.45, 2.75) is 83.1 Å². The highest BCUT2D eigenvalue weighted by molar-refractivity contribution is 5.90. The van der Waals surface area contributed by atoms with Gasteiger partial charge in [0.05, 0.1) is 6.61 Å². The van der Waals surface area contributed by atoms with Crippen molar-refractivity contribution in [3.63, 3.8) is 0 Å². The zero-order valence-corrected chi connectivity index (χ0v) is 20.8. The summed E-state index contributed by atoms with van der Waals surface area (Å²) in [7, 11) is 0. The Bertz CT molecular complexity index is 912. The first-order valence-corrected chi connectivity index (χ1v) is 12.7. The van der Waals surface area contributed by atoms with E-state index in [2.05, 4.69) is 6.92 Å². The number of allylic oxidation sites excluding steroid dienone is 1. The average Bonchev–Trinajstić information content (AvgIpc) is 3.28. The Morgan fingerprint density at radius 3 is 2.50 bits per heavy atom. The highest BCUT2D eigenvalue weighted by Gasteiger charge is 2.57. The van der Waals surface area contributed by atoms with Crippen molar-refractivity contribution in [3.8, 4) is 0 Å². The van der Waals surface area contributed by atoms with Gasteiger partial charge in [-0.2, -0.15) is 0 Å². The Hall–Kier alpha value is -1.82. The van der Waals surface area contributed by atoms with Gasteiger partial charge >= 0.3 is 11.9 Å². The topological polar surface area (TPSA) is 163 Å². The zero-order valence-electron chi connectivity index (χ0n) is 20.8. The largest absolute Gasteiger partial charge is 0.458 e. The fourth-order valence-electron chi connectivity index (χ4n) is 6.90. The second-order valence-electron chi connectivity index (χ2n) is 11.1. The van der Waals surface area contributed by atoms with Crippen molar-refractivity contribution in [3.05, 3.63) is 23.3 Å². The van der Waals surface area contributed by atoms with Gasteiger partial charge in [-0.15, -0.1) is 0 Å². The number of hydrogen-bond acceptors (Lipinski definition) is 10. The minimum absolute atomic E-state index is 0.0337. The van der Waals surface area contributed by atoms with E-state index in [1.54, 1.807) is 0 Å². The van der Waals surface area contributed by atoms with Crippen molar-refractivity contribution >= 4 is 11.9 Å². The van der Waals surface area contributed by atoms with Gasteiger partial charge in [0, 0.05) is 23.7 Å². The van der Waals surface area contributed by atoms with Crippen LogP contribution in [-0.2, 0) is 23.8 Å². The van der Waals surface area contributed by atoms with E-state index in [0.717, 1.165) is 18.4 Å². The maximum atomic E-state index is 13.4. The van der Waals surface area contributed by atoms with Gasteiger partial charge in [-0.1, -0.05) is 19.9 Å². The Kier molecular flexibility index (Phi) is 7.95. The number of aliphatic hydroxyl groups excluding tert-OH is 5. The van der Waals surface area contributed by atoms with Crippen LogP contribution in [0.15, 0.2) is 23.3 Å². The van der Waals surface area contributed by atoms with Crippen LogP contribution in [0.1, 0.15) is 52.4 Å². The quantitative estimate of drug-likeness (QED) is 0.302. The number of cyclic esters (lactones) is 1. The first-order valence-electron chi connectivity index (χ1n) is 12.7. The number of carbonyl (C=O) groups excluding carboxylic acids is 2. The summed E-state index contributed by atoms with van der Waals surface area (Å²) in [5, 5.41) is 50.1. The Morgan fingerprint density at radius 1 is 1.11 bits per heavy atom. The minimum atomic E-state index is -1.67. The Balaban J connectivity index is 1.54. The molecular weight excluding hydrogens is 472 g/mol. The third-order valence-corrected chi connectivity index (χ3v) is 9.15. The van der Waals surface area contributed by atoms with Crippen molar-refractivity contribution in [2.24, 2.45) is 22.7 Å². The summed E-state index contributed by atoms with van der Waals surface area (Å²) in [5.74, 6) is -0.915. The van der Waals surface area contributed by atoms with E-state index in [4.69, 9.17) is 14.2 Å². The Morgan fingerprint density at radius 2 is 1.86 bits per heavy atom. The van der Waals surface area contributed by atoms with Crippen molar-refractivity contribution < 1.29 is 49.3 Å². The van der Waals surface area contributed by atoms with E-state index < -0.39 is 48.7 Å². The van der Waals surface area contributed by atoms with Crippen LogP contribution in [-0.4, -0.2) is 88.0 Å². The molecule has 0 aromatic rings. The smallest absolute Gasteiger partial charge is 0.336 e. The molecule has 0 amide bonds. The molecule has 2 aliphatic carbocycles. The van der Waals surface area contributed by atoms with Crippen LogP contribution in [0.5, 0.6) is 0 Å². The predicted octanol–water partition coefficient (Wildman–Crippen LogP) is 0.344. The van der Waals surface area contributed by atoms with Crippen LogP contribution in [0.2, 0.25) is 0 Å². The average molecular weight is 511 g/mol. The zero-order chi connectivity index (χ0) is 26.3. The SMILES string of the molecule is CC12CCC(CO)C(C)(CCC3=CC(=O)OC3)C1CCC=C2C(=O)OC1OC(CO)C(O)C(O)C1O. The molecule has 4 aliphatic rings. The second-order valence-corrected chi connectivity index (χ2v) is 11.1. The maximum absolute atomic E-state index is 13.4. The lowest BCUT2D eigenvalue weighted by atomic mass is 9.46. The van der Waals surface area contributed by atoms with E-state index in [0.29, 0.717) is 31.3 Å². The second kappa shape index (κ2) is 10.5. The molecule has 10 nitrogen and oxygen atoms in total. The summed E-state index contributed by atoms with van der Waals surface area (Å²) in [6, 6.07) is 0. The summed E-state index contributed by atoms with van der Waals surface area (Å²) in [5.41, 5.74) is 0.535. The lowest BCUT2D eigenvalue weighted by Crippen LogP contribution is -2.60. The molecule has 1 saturated heterocycles. The maximum Gasteiger partial charge on any atom is 0.336 e.